The van der Waals surface area contributed by atoms with E-state index in [0.29, 0.717) is 15.8 Å². The Bertz CT molecular complexity index is 1040. The van der Waals surface area contributed by atoms with Gasteiger partial charge in [0.15, 0.2) is 0 Å². The maximum absolute atomic E-state index is 13.1. The zero-order chi connectivity index (χ0) is 19.3. The van der Waals surface area contributed by atoms with Crippen LogP contribution in [-0.2, 0) is 12.6 Å². The molecule has 1 amide bonds. The van der Waals surface area contributed by atoms with Gasteiger partial charge in [-0.1, -0.05) is 24.3 Å². The van der Waals surface area contributed by atoms with Gasteiger partial charge in [-0.3, -0.25) is 4.79 Å². The number of rotatable bonds is 2. The first-order valence-electron chi connectivity index (χ1n) is 8.59. The van der Waals surface area contributed by atoms with Crippen molar-refractivity contribution in [1.29, 1.82) is 0 Å². The molecule has 0 spiro atoms. The zero-order valence-electron chi connectivity index (χ0n) is 14.8. The standard InChI is InChI=1S/C20H17F3N2OS/c1-11-13-8-10-16(20(21,22)23)24-18(13)27-17(11)19(26)25(2)15-9-7-12-5-3-4-6-14(12)15/h3-6,8,10,15H,7,9H2,1-2H3/t15-/m0/s1. The summed E-state index contributed by atoms with van der Waals surface area (Å²) in [4.78, 5) is 19.2. The van der Waals surface area contributed by atoms with Gasteiger partial charge in [0.1, 0.15) is 10.5 Å². The van der Waals surface area contributed by atoms with Crippen molar-refractivity contribution in [3.63, 3.8) is 0 Å². The molecule has 0 radical (unpaired) electrons. The first-order chi connectivity index (χ1) is 12.8. The van der Waals surface area contributed by atoms with E-state index in [0.717, 1.165) is 35.8 Å². The summed E-state index contributed by atoms with van der Waals surface area (Å²) >= 11 is 1.03. The van der Waals surface area contributed by atoms with Crippen LogP contribution in [0.2, 0.25) is 0 Å². The van der Waals surface area contributed by atoms with Gasteiger partial charge < -0.3 is 4.90 Å². The Morgan fingerprint density at radius 3 is 2.70 bits per heavy atom. The van der Waals surface area contributed by atoms with Crippen LogP contribution in [0.1, 0.15) is 44.5 Å². The molecule has 2 aromatic heterocycles. The lowest BCUT2D eigenvalue weighted by molar-refractivity contribution is -0.140. The van der Waals surface area contributed by atoms with E-state index in [1.165, 1.54) is 11.6 Å². The third-order valence-electron chi connectivity index (χ3n) is 5.18. The van der Waals surface area contributed by atoms with Crippen LogP contribution in [0.3, 0.4) is 0 Å². The number of hydrogen-bond acceptors (Lipinski definition) is 3. The highest BCUT2D eigenvalue weighted by Crippen LogP contribution is 2.38. The van der Waals surface area contributed by atoms with Gasteiger partial charge in [-0.05, 0) is 48.6 Å². The molecule has 0 bridgehead atoms. The van der Waals surface area contributed by atoms with E-state index in [-0.39, 0.29) is 16.8 Å². The fourth-order valence-electron chi connectivity index (χ4n) is 3.70. The first kappa shape index (κ1) is 18.0. The van der Waals surface area contributed by atoms with Gasteiger partial charge >= 0.3 is 6.18 Å². The van der Waals surface area contributed by atoms with Gasteiger partial charge in [0.25, 0.3) is 5.91 Å². The summed E-state index contributed by atoms with van der Waals surface area (Å²) in [6.45, 7) is 1.76. The second-order valence-electron chi connectivity index (χ2n) is 6.77. The lowest BCUT2D eigenvalue weighted by Gasteiger charge is -2.25. The number of hydrogen-bond donors (Lipinski definition) is 0. The van der Waals surface area contributed by atoms with E-state index in [4.69, 9.17) is 0 Å². The summed E-state index contributed by atoms with van der Waals surface area (Å²) in [5.74, 6) is -0.175. The molecule has 3 aromatic rings. The van der Waals surface area contributed by atoms with Crippen molar-refractivity contribution in [1.82, 2.24) is 9.88 Å². The van der Waals surface area contributed by atoms with Gasteiger partial charge in [0.2, 0.25) is 0 Å². The maximum atomic E-state index is 13.1. The van der Waals surface area contributed by atoms with Crippen molar-refractivity contribution in [3.05, 3.63) is 63.7 Å². The fraction of sp³-hybridized carbons (Fsp3) is 0.300. The number of aromatic nitrogens is 1. The first-order valence-corrected chi connectivity index (χ1v) is 9.41. The molecule has 27 heavy (non-hydrogen) atoms. The number of halogens is 3. The van der Waals surface area contributed by atoms with Crippen LogP contribution in [0.25, 0.3) is 10.2 Å². The van der Waals surface area contributed by atoms with Gasteiger partial charge in [-0.15, -0.1) is 11.3 Å². The molecule has 0 unspecified atom stereocenters. The van der Waals surface area contributed by atoms with E-state index in [9.17, 15) is 18.0 Å². The highest BCUT2D eigenvalue weighted by Gasteiger charge is 2.34. The summed E-state index contributed by atoms with van der Waals surface area (Å²) < 4.78 is 38.8. The molecule has 0 aliphatic heterocycles. The number of alkyl halides is 3. The zero-order valence-corrected chi connectivity index (χ0v) is 15.6. The molecule has 1 aromatic carbocycles. The Hall–Kier alpha value is -2.41. The van der Waals surface area contributed by atoms with Crippen LogP contribution in [0, 0.1) is 6.92 Å². The van der Waals surface area contributed by atoms with Gasteiger partial charge in [0, 0.05) is 12.4 Å². The third-order valence-corrected chi connectivity index (χ3v) is 6.37. The Morgan fingerprint density at radius 2 is 1.96 bits per heavy atom. The highest BCUT2D eigenvalue weighted by molar-refractivity contribution is 7.20. The molecule has 4 rings (SSSR count). The van der Waals surface area contributed by atoms with E-state index in [2.05, 4.69) is 11.1 Å². The molecule has 0 N–H and O–H groups in total. The molecule has 1 atom stereocenters. The maximum Gasteiger partial charge on any atom is 0.433 e. The van der Waals surface area contributed by atoms with E-state index in [1.54, 1.807) is 18.9 Å². The fourth-order valence-corrected chi connectivity index (χ4v) is 4.86. The number of nitrogens with zero attached hydrogens (tertiary/aromatic N) is 2. The molecular weight excluding hydrogens is 373 g/mol. The van der Waals surface area contributed by atoms with Crippen molar-refractivity contribution < 1.29 is 18.0 Å². The van der Waals surface area contributed by atoms with Crippen molar-refractivity contribution in [2.45, 2.75) is 32.0 Å². The molecule has 1 aliphatic rings. The van der Waals surface area contributed by atoms with Crippen LogP contribution in [0.15, 0.2) is 36.4 Å². The van der Waals surface area contributed by atoms with Crippen molar-refractivity contribution in [2.24, 2.45) is 0 Å². The van der Waals surface area contributed by atoms with Gasteiger partial charge in [-0.2, -0.15) is 13.2 Å². The van der Waals surface area contributed by atoms with E-state index in [1.807, 2.05) is 18.2 Å². The minimum atomic E-state index is -4.50. The molecule has 140 valence electrons. The van der Waals surface area contributed by atoms with Crippen LogP contribution in [0.5, 0.6) is 0 Å². The number of carbonyl (C=O) groups is 1. The SMILES string of the molecule is Cc1c(C(=O)N(C)[C@H]2CCc3ccccc32)sc2nc(C(F)(F)F)ccc12. The minimum absolute atomic E-state index is 0.0167. The van der Waals surface area contributed by atoms with Crippen molar-refractivity contribution >= 4 is 27.5 Å². The van der Waals surface area contributed by atoms with E-state index < -0.39 is 11.9 Å². The summed E-state index contributed by atoms with van der Waals surface area (Å²) in [7, 11) is 1.76. The summed E-state index contributed by atoms with van der Waals surface area (Å²) in [5.41, 5.74) is 2.13. The highest BCUT2D eigenvalue weighted by atomic mass is 32.1. The van der Waals surface area contributed by atoms with Gasteiger partial charge in [-0.25, -0.2) is 4.98 Å². The summed E-state index contributed by atoms with van der Waals surface area (Å²) in [6.07, 6.45) is -2.73. The second-order valence-corrected chi connectivity index (χ2v) is 7.77. The molecular formula is C20H17F3N2OS. The summed E-state index contributed by atoms with van der Waals surface area (Å²) in [5, 5.41) is 0.594. The Kier molecular flexibility index (Phi) is 4.22. The topological polar surface area (TPSA) is 33.2 Å². The average Bonchev–Trinajstić information content (AvgIpc) is 3.21. The normalized spacial score (nSPS) is 16.6. The average molecular weight is 390 g/mol. The predicted molar refractivity (Wildman–Crippen MR) is 99.0 cm³/mol. The quantitative estimate of drug-likeness (QED) is 0.588. The number of aryl methyl sites for hydroxylation is 2. The number of pyridine rings is 1. The number of thiophene rings is 1. The number of fused-ring (bicyclic) bond motifs is 2. The van der Waals surface area contributed by atoms with Crippen molar-refractivity contribution in [2.75, 3.05) is 7.05 Å². The molecule has 0 fully saturated rings. The Morgan fingerprint density at radius 1 is 1.22 bits per heavy atom. The third kappa shape index (κ3) is 3.00. The van der Waals surface area contributed by atoms with Crippen LogP contribution in [-0.4, -0.2) is 22.8 Å². The number of benzene rings is 1. The van der Waals surface area contributed by atoms with Gasteiger partial charge in [0.05, 0.1) is 10.9 Å². The van der Waals surface area contributed by atoms with Crippen LogP contribution < -0.4 is 0 Å². The molecule has 0 saturated heterocycles. The molecule has 1 aliphatic carbocycles. The number of amides is 1. The molecule has 3 nitrogen and oxygen atoms in total. The Balaban J connectivity index is 1.70. The lowest BCUT2D eigenvalue weighted by Crippen LogP contribution is -2.29. The Labute approximate surface area is 158 Å². The molecule has 2 heterocycles. The van der Waals surface area contributed by atoms with Crippen molar-refractivity contribution in [3.8, 4) is 0 Å². The van der Waals surface area contributed by atoms with E-state index >= 15 is 0 Å². The van der Waals surface area contributed by atoms with Crippen LogP contribution in [0.4, 0.5) is 13.2 Å². The molecule has 7 heteroatoms. The smallest absolute Gasteiger partial charge is 0.334 e. The predicted octanol–water partition coefficient (Wildman–Crippen LogP) is 5.38. The molecule has 0 saturated carbocycles. The largest absolute Gasteiger partial charge is 0.433 e. The summed E-state index contributed by atoms with van der Waals surface area (Å²) in [6, 6.07) is 10.4. The minimum Gasteiger partial charge on any atom is -0.334 e. The van der Waals surface area contributed by atoms with Crippen LogP contribution >= 0.6 is 11.3 Å². The lowest BCUT2D eigenvalue weighted by atomic mass is 10.1. The number of carbonyl (C=O) groups excluding carboxylic acids is 1. The monoisotopic (exact) mass is 390 g/mol. The second kappa shape index (κ2) is 6.34.